The monoisotopic (exact) mass is 498 g/mol. The van der Waals surface area contributed by atoms with Crippen molar-refractivity contribution in [2.24, 2.45) is 0 Å². The molecule has 3 aromatic carbocycles. The first-order valence-corrected chi connectivity index (χ1v) is 10.5. The van der Waals surface area contributed by atoms with Crippen LogP contribution < -0.4 is 4.74 Å². The van der Waals surface area contributed by atoms with Gasteiger partial charge in [0.25, 0.3) is 0 Å². The van der Waals surface area contributed by atoms with E-state index in [1.54, 1.807) is 24.3 Å². The van der Waals surface area contributed by atoms with E-state index in [2.05, 4.69) is 22.6 Å². The summed E-state index contributed by atoms with van der Waals surface area (Å²) in [6.45, 7) is 1.96. The third kappa shape index (κ3) is 3.91. The van der Waals surface area contributed by atoms with Gasteiger partial charge in [-0.2, -0.15) is 0 Å². The van der Waals surface area contributed by atoms with Gasteiger partial charge in [0.1, 0.15) is 5.75 Å². The van der Waals surface area contributed by atoms with Crippen molar-refractivity contribution >= 4 is 52.2 Å². The van der Waals surface area contributed by atoms with Gasteiger partial charge in [-0.3, -0.25) is 4.79 Å². The van der Waals surface area contributed by atoms with Crippen LogP contribution in [0.4, 0.5) is 0 Å². The number of ketones is 1. The fourth-order valence-electron chi connectivity index (χ4n) is 2.90. The molecule has 3 aromatic rings. The molecule has 5 heteroatoms. The number of thioether (sulfide) groups is 1. The minimum Gasteiger partial charge on any atom is -0.422 e. The molecule has 0 spiro atoms. The van der Waals surface area contributed by atoms with Crippen LogP contribution in [0.5, 0.6) is 5.75 Å². The number of hydrogen-bond donors (Lipinski definition) is 0. The Morgan fingerprint density at radius 2 is 1.79 bits per heavy atom. The molecule has 4 rings (SSSR count). The Morgan fingerprint density at radius 1 is 1.04 bits per heavy atom. The Morgan fingerprint density at radius 3 is 2.54 bits per heavy atom. The van der Waals surface area contributed by atoms with E-state index < -0.39 is 5.97 Å². The number of hydrogen-bond acceptors (Lipinski definition) is 4. The predicted octanol–water partition coefficient (Wildman–Crippen LogP) is 6.15. The first-order valence-electron chi connectivity index (χ1n) is 8.63. The van der Waals surface area contributed by atoms with Gasteiger partial charge in [-0.1, -0.05) is 35.5 Å². The summed E-state index contributed by atoms with van der Waals surface area (Å²) in [5, 5.41) is 0. The van der Waals surface area contributed by atoms with Crippen molar-refractivity contribution in [3.63, 3.8) is 0 Å². The maximum Gasteiger partial charge on any atom is 0.343 e. The molecular weight excluding hydrogens is 483 g/mol. The minimum absolute atomic E-state index is 0.00276. The van der Waals surface area contributed by atoms with Gasteiger partial charge in [0.2, 0.25) is 5.78 Å². The molecular formula is C23H15IO3S. The first kappa shape index (κ1) is 19.0. The molecule has 28 heavy (non-hydrogen) atoms. The number of benzene rings is 3. The van der Waals surface area contributed by atoms with Gasteiger partial charge in [0.05, 0.1) is 10.5 Å². The van der Waals surface area contributed by atoms with Crippen LogP contribution in [0.15, 0.2) is 76.5 Å². The largest absolute Gasteiger partial charge is 0.422 e. The summed E-state index contributed by atoms with van der Waals surface area (Å²) in [7, 11) is 0. The molecule has 0 bridgehead atoms. The SMILES string of the molecule is Cc1ccc(OC(=O)c2ccc(I)cc2)c(/C=C2\Sc3ccccc3C2=O)c1. The molecule has 1 aliphatic rings. The Hall–Kier alpha value is -2.38. The average Bonchev–Trinajstić information content (AvgIpc) is 3.00. The van der Waals surface area contributed by atoms with Crippen molar-refractivity contribution in [1.29, 1.82) is 0 Å². The molecule has 0 amide bonds. The van der Waals surface area contributed by atoms with E-state index in [4.69, 9.17) is 4.74 Å². The van der Waals surface area contributed by atoms with Crippen molar-refractivity contribution in [2.75, 3.05) is 0 Å². The smallest absolute Gasteiger partial charge is 0.343 e. The van der Waals surface area contributed by atoms with E-state index in [1.807, 2.05) is 55.5 Å². The van der Waals surface area contributed by atoms with Gasteiger partial charge < -0.3 is 4.74 Å². The zero-order valence-corrected chi connectivity index (χ0v) is 17.9. The number of carbonyl (C=O) groups excluding carboxylic acids is 2. The van der Waals surface area contributed by atoms with Crippen LogP contribution in [0.3, 0.4) is 0 Å². The Labute approximate surface area is 180 Å². The Kier molecular flexibility index (Phi) is 5.37. The normalized spacial score (nSPS) is 14.2. The summed E-state index contributed by atoms with van der Waals surface area (Å²) in [4.78, 5) is 26.8. The van der Waals surface area contributed by atoms with E-state index >= 15 is 0 Å². The predicted molar refractivity (Wildman–Crippen MR) is 120 cm³/mol. The molecule has 1 aliphatic heterocycles. The lowest BCUT2D eigenvalue weighted by atomic mass is 10.1. The molecule has 138 valence electrons. The van der Waals surface area contributed by atoms with E-state index in [0.29, 0.717) is 27.3 Å². The highest BCUT2D eigenvalue weighted by atomic mass is 127. The van der Waals surface area contributed by atoms with Crippen molar-refractivity contribution in [2.45, 2.75) is 11.8 Å². The lowest BCUT2D eigenvalue weighted by molar-refractivity contribution is 0.0734. The highest BCUT2D eigenvalue weighted by Gasteiger charge is 2.25. The number of rotatable bonds is 3. The quantitative estimate of drug-likeness (QED) is 0.188. The molecule has 0 unspecified atom stereocenters. The number of allylic oxidation sites excluding steroid dienone is 1. The van der Waals surface area contributed by atoms with Crippen LogP contribution in [-0.2, 0) is 0 Å². The standard InChI is InChI=1S/C23H15IO3S/c1-14-6-11-19(27-23(26)15-7-9-17(24)10-8-15)16(12-14)13-21-22(25)18-4-2-3-5-20(18)28-21/h2-13H,1H3/b21-13-. The number of Topliss-reactive ketones (excluding diaryl/α,β-unsaturated/α-hetero) is 1. The molecule has 0 aliphatic carbocycles. The fraction of sp³-hybridized carbons (Fsp3) is 0.0435. The summed E-state index contributed by atoms with van der Waals surface area (Å²) in [5.41, 5.74) is 2.93. The van der Waals surface area contributed by atoms with Crippen molar-refractivity contribution < 1.29 is 14.3 Å². The van der Waals surface area contributed by atoms with Gasteiger partial charge in [-0.25, -0.2) is 4.79 Å². The highest BCUT2D eigenvalue weighted by molar-refractivity contribution is 14.1. The maximum absolute atomic E-state index is 12.7. The number of ether oxygens (including phenoxy) is 1. The molecule has 0 saturated heterocycles. The highest BCUT2D eigenvalue weighted by Crippen LogP contribution is 2.41. The van der Waals surface area contributed by atoms with Crippen LogP contribution in [0, 0.1) is 10.5 Å². The van der Waals surface area contributed by atoms with E-state index in [1.165, 1.54) is 11.8 Å². The van der Waals surface area contributed by atoms with Gasteiger partial charge in [0.15, 0.2) is 0 Å². The zero-order chi connectivity index (χ0) is 19.7. The van der Waals surface area contributed by atoms with Gasteiger partial charge in [-0.15, -0.1) is 0 Å². The number of fused-ring (bicyclic) bond motifs is 1. The number of carbonyl (C=O) groups is 2. The molecule has 1 heterocycles. The second-order valence-electron chi connectivity index (χ2n) is 6.37. The van der Waals surface area contributed by atoms with Crippen LogP contribution >= 0.6 is 34.4 Å². The molecule has 0 saturated carbocycles. The lowest BCUT2D eigenvalue weighted by Gasteiger charge is -2.09. The molecule has 0 fully saturated rings. The van der Waals surface area contributed by atoms with Crippen LogP contribution in [0.25, 0.3) is 6.08 Å². The fourth-order valence-corrected chi connectivity index (χ4v) is 4.30. The third-order valence-corrected chi connectivity index (χ3v) is 6.13. The molecule has 0 aromatic heterocycles. The van der Waals surface area contributed by atoms with Crippen LogP contribution in [0.1, 0.15) is 31.8 Å². The van der Waals surface area contributed by atoms with Crippen molar-refractivity contribution in [3.8, 4) is 5.75 Å². The maximum atomic E-state index is 12.7. The topological polar surface area (TPSA) is 43.4 Å². The van der Waals surface area contributed by atoms with E-state index in [-0.39, 0.29) is 5.78 Å². The second kappa shape index (κ2) is 7.93. The number of aryl methyl sites for hydroxylation is 1. The molecule has 0 radical (unpaired) electrons. The second-order valence-corrected chi connectivity index (χ2v) is 8.70. The van der Waals surface area contributed by atoms with Gasteiger partial charge in [0, 0.05) is 19.6 Å². The summed E-state index contributed by atoms with van der Waals surface area (Å²) in [6.07, 6.45) is 1.80. The van der Waals surface area contributed by atoms with Crippen molar-refractivity contribution in [1.82, 2.24) is 0 Å². The molecule has 0 N–H and O–H groups in total. The number of halogens is 1. The average molecular weight is 498 g/mol. The Balaban J connectivity index is 1.65. The third-order valence-electron chi connectivity index (χ3n) is 4.31. The summed E-state index contributed by atoms with van der Waals surface area (Å²) in [6, 6.07) is 20.3. The Bertz CT molecular complexity index is 1120. The van der Waals surface area contributed by atoms with Crippen LogP contribution in [0.2, 0.25) is 0 Å². The molecule has 3 nitrogen and oxygen atoms in total. The first-order chi connectivity index (χ1) is 13.5. The van der Waals surface area contributed by atoms with Gasteiger partial charge >= 0.3 is 5.97 Å². The van der Waals surface area contributed by atoms with Crippen molar-refractivity contribution in [3.05, 3.63) is 97.5 Å². The summed E-state index contributed by atoms with van der Waals surface area (Å²) < 4.78 is 6.69. The van der Waals surface area contributed by atoms with E-state index in [9.17, 15) is 9.59 Å². The minimum atomic E-state index is -0.423. The van der Waals surface area contributed by atoms with Crippen LogP contribution in [-0.4, -0.2) is 11.8 Å². The lowest BCUT2D eigenvalue weighted by Crippen LogP contribution is -2.09. The summed E-state index contributed by atoms with van der Waals surface area (Å²) in [5.74, 6) is 0.0108. The summed E-state index contributed by atoms with van der Waals surface area (Å²) >= 11 is 3.63. The molecule has 0 atom stereocenters. The van der Waals surface area contributed by atoms with E-state index in [0.717, 1.165) is 14.0 Å². The zero-order valence-electron chi connectivity index (χ0n) is 14.9. The van der Waals surface area contributed by atoms with Gasteiger partial charge in [-0.05, 0) is 84.1 Å². The number of esters is 1.